The van der Waals surface area contributed by atoms with Crippen LogP contribution in [0.15, 0.2) is 17.1 Å². The first kappa shape index (κ1) is 19.7. The SMILES string of the molecule is CN=C(NCC(CC(C)C)N1CCCC1)NC1CC=CC1.I. The zero-order chi connectivity index (χ0) is 15.1. The van der Waals surface area contributed by atoms with Crippen molar-refractivity contribution in [3.05, 3.63) is 12.2 Å². The zero-order valence-corrected chi connectivity index (χ0v) is 16.7. The smallest absolute Gasteiger partial charge is 0.191 e. The molecule has 5 heteroatoms. The van der Waals surface area contributed by atoms with Gasteiger partial charge < -0.3 is 10.6 Å². The zero-order valence-electron chi connectivity index (χ0n) is 14.3. The fourth-order valence-electron chi connectivity index (χ4n) is 3.35. The predicted molar refractivity (Wildman–Crippen MR) is 106 cm³/mol. The molecule has 0 saturated carbocycles. The van der Waals surface area contributed by atoms with Gasteiger partial charge in [-0.3, -0.25) is 9.89 Å². The number of nitrogens with zero attached hydrogens (tertiary/aromatic N) is 2. The molecule has 0 amide bonds. The lowest BCUT2D eigenvalue weighted by Crippen LogP contribution is -2.48. The number of nitrogens with one attached hydrogen (secondary N) is 2. The van der Waals surface area contributed by atoms with E-state index in [1.165, 1.54) is 32.4 Å². The number of guanidine groups is 1. The maximum atomic E-state index is 4.38. The monoisotopic (exact) mass is 420 g/mol. The van der Waals surface area contributed by atoms with E-state index in [1.54, 1.807) is 0 Å². The van der Waals surface area contributed by atoms with Gasteiger partial charge in [0.05, 0.1) is 0 Å². The van der Waals surface area contributed by atoms with Crippen LogP contribution in [-0.2, 0) is 0 Å². The van der Waals surface area contributed by atoms with E-state index in [9.17, 15) is 0 Å². The van der Waals surface area contributed by atoms with Crippen LogP contribution in [0.2, 0.25) is 0 Å². The Balaban J connectivity index is 0.00000242. The molecule has 0 aromatic heterocycles. The van der Waals surface area contributed by atoms with Crippen molar-refractivity contribution in [1.29, 1.82) is 0 Å². The molecule has 0 spiro atoms. The number of halogens is 1. The third-order valence-electron chi connectivity index (χ3n) is 4.48. The molecule has 1 saturated heterocycles. The molecule has 4 nitrogen and oxygen atoms in total. The van der Waals surface area contributed by atoms with Crippen LogP contribution in [0.5, 0.6) is 0 Å². The van der Waals surface area contributed by atoms with Crippen molar-refractivity contribution in [2.24, 2.45) is 10.9 Å². The molecule has 1 aliphatic heterocycles. The Morgan fingerprint density at radius 1 is 1.23 bits per heavy atom. The summed E-state index contributed by atoms with van der Waals surface area (Å²) < 4.78 is 0. The summed E-state index contributed by atoms with van der Waals surface area (Å²) in [5.41, 5.74) is 0. The van der Waals surface area contributed by atoms with Crippen LogP contribution in [0.1, 0.15) is 46.0 Å². The average molecular weight is 420 g/mol. The van der Waals surface area contributed by atoms with E-state index < -0.39 is 0 Å². The second-order valence-electron chi connectivity index (χ2n) is 6.76. The molecule has 0 aromatic carbocycles. The Kier molecular flexibility index (Phi) is 9.40. The van der Waals surface area contributed by atoms with Crippen LogP contribution in [0.4, 0.5) is 0 Å². The van der Waals surface area contributed by atoms with Gasteiger partial charge in [-0.2, -0.15) is 0 Å². The summed E-state index contributed by atoms with van der Waals surface area (Å²) in [4.78, 5) is 7.03. The average Bonchev–Trinajstić information content (AvgIpc) is 3.14. The third-order valence-corrected chi connectivity index (χ3v) is 4.48. The second-order valence-corrected chi connectivity index (χ2v) is 6.76. The van der Waals surface area contributed by atoms with Gasteiger partial charge in [-0.05, 0) is 51.1 Å². The van der Waals surface area contributed by atoms with Gasteiger partial charge >= 0.3 is 0 Å². The second kappa shape index (κ2) is 10.5. The highest BCUT2D eigenvalue weighted by molar-refractivity contribution is 14.0. The van der Waals surface area contributed by atoms with Crippen molar-refractivity contribution in [2.45, 2.75) is 58.0 Å². The lowest BCUT2D eigenvalue weighted by molar-refractivity contribution is 0.212. The summed E-state index contributed by atoms with van der Waals surface area (Å²) in [5, 5.41) is 7.07. The summed E-state index contributed by atoms with van der Waals surface area (Å²) in [6.45, 7) is 8.16. The highest BCUT2D eigenvalue weighted by Gasteiger charge is 2.23. The molecule has 128 valence electrons. The molecular weight excluding hydrogens is 387 g/mol. The van der Waals surface area contributed by atoms with Crippen LogP contribution in [0.25, 0.3) is 0 Å². The van der Waals surface area contributed by atoms with Crippen LogP contribution in [-0.4, -0.2) is 49.6 Å². The number of hydrogen-bond acceptors (Lipinski definition) is 2. The van der Waals surface area contributed by atoms with Gasteiger partial charge in [-0.1, -0.05) is 26.0 Å². The quantitative estimate of drug-likeness (QED) is 0.300. The Hall–Kier alpha value is -0.300. The lowest BCUT2D eigenvalue weighted by Gasteiger charge is -2.30. The normalized spacial score (nSPS) is 21.2. The summed E-state index contributed by atoms with van der Waals surface area (Å²) >= 11 is 0. The molecule has 2 N–H and O–H groups in total. The first-order chi connectivity index (χ1) is 10.2. The molecule has 1 fully saturated rings. The molecular formula is C17H33IN4. The number of hydrogen-bond donors (Lipinski definition) is 2. The Morgan fingerprint density at radius 3 is 2.41 bits per heavy atom. The van der Waals surface area contributed by atoms with Gasteiger partial charge in [0.1, 0.15) is 0 Å². The van der Waals surface area contributed by atoms with Crippen molar-refractivity contribution in [3.63, 3.8) is 0 Å². The first-order valence-corrected chi connectivity index (χ1v) is 8.55. The summed E-state index contributed by atoms with van der Waals surface area (Å²) in [5.74, 6) is 1.70. The molecule has 1 heterocycles. The first-order valence-electron chi connectivity index (χ1n) is 8.55. The van der Waals surface area contributed by atoms with E-state index in [0.29, 0.717) is 12.1 Å². The summed E-state index contributed by atoms with van der Waals surface area (Å²) in [6.07, 6.45) is 10.7. The topological polar surface area (TPSA) is 39.7 Å². The van der Waals surface area contributed by atoms with Crippen molar-refractivity contribution in [3.8, 4) is 0 Å². The van der Waals surface area contributed by atoms with Gasteiger partial charge in [0, 0.05) is 25.7 Å². The van der Waals surface area contributed by atoms with Crippen LogP contribution in [0, 0.1) is 5.92 Å². The fourth-order valence-corrected chi connectivity index (χ4v) is 3.35. The maximum absolute atomic E-state index is 4.38. The van der Waals surface area contributed by atoms with Crippen LogP contribution >= 0.6 is 24.0 Å². The van der Waals surface area contributed by atoms with Crippen molar-refractivity contribution in [2.75, 3.05) is 26.7 Å². The Labute approximate surface area is 153 Å². The van der Waals surface area contributed by atoms with E-state index in [-0.39, 0.29) is 24.0 Å². The molecule has 0 radical (unpaired) electrons. The van der Waals surface area contributed by atoms with Crippen molar-refractivity contribution in [1.82, 2.24) is 15.5 Å². The highest BCUT2D eigenvalue weighted by Crippen LogP contribution is 2.17. The van der Waals surface area contributed by atoms with Crippen molar-refractivity contribution >= 4 is 29.9 Å². The lowest BCUT2D eigenvalue weighted by atomic mass is 10.0. The minimum Gasteiger partial charge on any atom is -0.355 e. The number of likely N-dealkylation sites (tertiary alicyclic amines) is 1. The van der Waals surface area contributed by atoms with Crippen LogP contribution in [0.3, 0.4) is 0 Å². The standard InChI is InChI=1S/C17H32N4.HI/c1-14(2)12-16(21-10-6-7-11-21)13-19-17(18-3)20-15-8-4-5-9-15;/h4-5,14-16H,6-13H2,1-3H3,(H2,18,19,20);1H. The predicted octanol–water partition coefficient (Wildman–Crippen LogP) is 3.00. The molecule has 1 atom stereocenters. The molecule has 2 aliphatic rings. The Bertz CT molecular complexity index is 354. The maximum Gasteiger partial charge on any atom is 0.191 e. The van der Waals surface area contributed by atoms with Gasteiger partial charge in [-0.25, -0.2) is 0 Å². The van der Waals surface area contributed by atoms with E-state index in [2.05, 4.69) is 46.5 Å². The van der Waals surface area contributed by atoms with E-state index in [1.807, 2.05) is 7.05 Å². The van der Waals surface area contributed by atoms with Crippen LogP contribution < -0.4 is 10.6 Å². The fraction of sp³-hybridized carbons (Fsp3) is 0.824. The van der Waals surface area contributed by atoms with Gasteiger partial charge in [0.15, 0.2) is 5.96 Å². The van der Waals surface area contributed by atoms with Gasteiger partial charge in [0.2, 0.25) is 0 Å². The van der Waals surface area contributed by atoms with Crippen molar-refractivity contribution < 1.29 is 0 Å². The Morgan fingerprint density at radius 2 is 1.86 bits per heavy atom. The molecule has 0 aromatic rings. The number of rotatable bonds is 6. The minimum atomic E-state index is 0. The van der Waals surface area contributed by atoms with Gasteiger partial charge in [0.25, 0.3) is 0 Å². The molecule has 22 heavy (non-hydrogen) atoms. The largest absolute Gasteiger partial charge is 0.355 e. The van der Waals surface area contributed by atoms with E-state index in [4.69, 9.17) is 0 Å². The number of aliphatic imine (C=N–C) groups is 1. The minimum absolute atomic E-state index is 0. The third kappa shape index (κ3) is 6.44. The molecule has 1 unspecified atom stereocenters. The molecule has 1 aliphatic carbocycles. The summed E-state index contributed by atoms with van der Waals surface area (Å²) in [6, 6.07) is 1.15. The highest BCUT2D eigenvalue weighted by atomic mass is 127. The summed E-state index contributed by atoms with van der Waals surface area (Å²) in [7, 11) is 1.87. The van der Waals surface area contributed by atoms with Gasteiger partial charge in [-0.15, -0.1) is 24.0 Å². The van der Waals surface area contributed by atoms with E-state index >= 15 is 0 Å². The molecule has 2 rings (SSSR count). The van der Waals surface area contributed by atoms with E-state index in [0.717, 1.165) is 31.3 Å². The molecule has 0 bridgehead atoms.